The summed E-state index contributed by atoms with van der Waals surface area (Å²) in [4.78, 5) is 72.6. The van der Waals surface area contributed by atoms with Crippen molar-refractivity contribution in [3.8, 4) is 28.1 Å². The van der Waals surface area contributed by atoms with E-state index in [0.717, 1.165) is 68.3 Å². The monoisotopic (exact) mass is 834 g/mol. The number of aromatic nitrogens is 4. The van der Waals surface area contributed by atoms with Crippen molar-refractivity contribution >= 4 is 45.8 Å². The molecule has 0 bridgehead atoms. The van der Waals surface area contributed by atoms with Gasteiger partial charge in [0.1, 0.15) is 36.1 Å². The average molecular weight is 835 g/mol. The number of carbonyl (C=O) groups excluding carboxylic acids is 4. The summed E-state index contributed by atoms with van der Waals surface area (Å²) >= 11 is 0. The molecule has 61 heavy (non-hydrogen) atoms. The van der Waals surface area contributed by atoms with Crippen LogP contribution in [-0.2, 0) is 30.4 Å². The van der Waals surface area contributed by atoms with E-state index >= 15 is 0 Å². The Bertz CT molecular complexity index is 2500. The zero-order valence-electron chi connectivity index (χ0n) is 35.8. The van der Waals surface area contributed by atoms with Gasteiger partial charge in [-0.1, -0.05) is 39.0 Å². The molecule has 3 aliphatic rings. The Hall–Kier alpha value is -6.16. The standard InChI is InChI=1S/C45H54N8O8/c1-22(2)37(50-44(56)59-7)43(55)53-24(4)9-14-34(53)41-47-32-13-11-26-17-31-29-12-10-27(16-28(29)21-61-36(31)18-30(26)39(32)49-41)33-19-46-40(48-33)35-15-23(3)20-52(35)42(54)38(25(5)58-6)51-45(57)60-8/h10-13,16-19,22-25,34-35,37-38H,9,14-15,20-21H2,1-8H3,(H,46,48)(H,47,49)(H,50,56)(H,51,57)/t23-,24-,25+,34-,35?,37-,38-/m0/s1. The predicted octanol–water partition coefficient (Wildman–Crippen LogP) is 6.77. The molecule has 0 spiro atoms. The molecule has 4 N–H and O–H groups in total. The lowest BCUT2D eigenvalue weighted by molar-refractivity contribution is -0.138. The first kappa shape index (κ1) is 41.6. The number of nitrogens with zero attached hydrogens (tertiary/aromatic N) is 4. The van der Waals surface area contributed by atoms with Gasteiger partial charge in [-0.2, -0.15) is 0 Å². The van der Waals surface area contributed by atoms with Crippen molar-refractivity contribution in [2.24, 2.45) is 11.8 Å². The van der Waals surface area contributed by atoms with E-state index in [1.807, 2.05) is 31.7 Å². The number of hydrogen-bond acceptors (Lipinski definition) is 10. The number of rotatable bonds is 10. The van der Waals surface area contributed by atoms with E-state index in [1.54, 1.807) is 18.0 Å². The van der Waals surface area contributed by atoms with E-state index < -0.39 is 30.4 Å². The topological polar surface area (TPSA) is 193 Å². The van der Waals surface area contributed by atoms with Crippen LogP contribution in [0.4, 0.5) is 9.59 Å². The van der Waals surface area contributed by atoms with Gasteiger partial charge >= 0.3 is 12.2 Å². The number of imidazole rings is 2. The van der Waals surface area contributed by atoms with E-state index in [-0.39, 0.29) is 41.8 Å². The van der Waals surface area contributed by atoms with Crippen LogP contribution in [0.15, 0.2) is 48.7 Å². The maximum atomic E-state index is 14.0. The molecule has 8 rings (SSSR count). The number of ether oxygens (including phenoxy) is 4. The molecular formula is C45H54N8O8. The van der Waals surface area contributed by atoms with Crippen molar-refractivity contribution in [3.05, 3.63) is 65.9 Å². The molecule has 5 aromatic rings. The van der Waals surface area contributed by atoms with Crippen molar-refractivity contribution in [2.75, 3.05) is 27.9 Å². The van der Waals surface area contributed by atoms with Gasteiger partial charge in [0, 0.05) is 30.6 Å². The van der Waals surface area contributed by atoms with Crippen molar-refractivity contribution in [3.63, 3.8) is 0 Å². The van der Waals surface area contributed by atoms with Crippen molar-refractivity contribution in [1.29, 1.82) is 0 Å². The first-order valence-corrected chi connectivity index (χ1v) is 20.9. The second kappa shape index (κ2) is 16.7. The highest BCUT2D eigenvalue weighted by atomic mass is 16.5. The number of H-pyrrole nitrogens is 2. The summed E-state index contributed by atoms with van der Waals surface area (Å²) in [5.74, 6) is 1.82. The summed E-state index contributed by atoms with van der Waals surface area (Å²) < 4.78 is 21.5. The van der Waals surface area contributed by atoms with Gasteiger partial charge in [0.05, 0.1) is 55.3 Å². The van der Waals surface area contributed by atoms with E-state index in [0.29, 0.717) is 31.2 Å². The van der Waals surface area contributed by atoms with E-state index in [2.05, 4.69) is 63.9 Å². The number of carbonyl (C=O) groups is 4. The van der Waals surface area contributed by atoms with Crippen LogP contribution in [0.25, 0.3) is 44.2 Å². The van der Waals surface area contributed by atoms with Crippen LogP contribution in [-0.4, -0.2) is 106 Å². The summed E-state index contributed by atoms with van der Waals surface area (Å²) in [6, 6.07) is 12.3. The minimum Gasteiger partial charge on any atom is -0.488 e. The quantitative estimate of drug-likeness (QED) is 0.117. The lowest BCUT2D eigenvalue weighted by Gasteiger charge is -2.32. The van der Waals surface area contributed by atoms with Gasteiger partial charge in [0.15, 0.2) is 0 Å². The number of alkyl carbamates (subject to hydrolysis) is 2. The molecule has 0 saturated carbocycles. The van der Waals surface area contributed by atoms with Crippen LogP contribution in [0.3, 0.4) is 0 Å². The molecule has 322 valence electrons. The maximum absolute atomic E-state index is 14.0. The molecule has 3 aliphatic heterocycles. The lowest BCUT2D eigenvalue weighted by Crippen LogP contribution is -2.54. The zero-order chi connectivity index (χ0) is 43.3. The highest BCUT2D eigenvalue weighted by Crippen LogP contribution is 2.44. The first-order valence-electron chi connectivity index (χ1n) is 20.9. The molecule has 2 fully saturated rings. The number of methoxy groups -OCH3 is 3. The highest BCUT2D eigenvalue weighted by Gasteiger charge is 2.43. The van der Waals surface area contributed by atoms with Crippen LogP contribution < -0.4 is 15.4 Å². The molecule has 1 unspecified atom stereocenters. The number of benzene rings is 3. The van der Waals surface area contributed by atoms with Gasteiger partial charge in [-0.25, -0.2) is 19.6 Å². The molecule has 0 radical (unpaired) electrons. The predicted molar refractivity (Wildman–Crippen MR) is 227 cm³/mol. The fourth-order valence-corrected chi connectivity index (χ4v) is 9.20. The van der Waals surface area contributed by atoms with E-state index in [9.17, 15) is 19.2 Å². The van der Waals surface area contributed by atoms with Crippen LogP contribution in [0, 0.1) is 11.8 Å². The van der Waals surface area contributed by atoms with Crippen molar-refractivity contribution in [1.82, 2.24) is 40.4 Å². The fourth-order valence-electron chi connectivity index (χ4n) is 9.20. The summed E-state index contributed by atoms with van der Waals surface area (Å²) in [7, 11) is 4.05. The number of fused-ring (bicyclic) bond motifs is 6. The first-order chi connectivity index (χ1) is 29.3. The lowest BCUT2D eigenvalue weighted by atomic mass is 9.92. The van der Waals surface area contributed by atoms with Gasteiger partial charge in [-0.3, -0.25) is 9.59 Å². The largest absolute Gasteiger partial charge is 0.488 e. The fraction of sp³-hybridized carbons (Fsp3) is 0.467. The summed E-state index contributed by atoms with van der Waals surface area (Å²) in [6.45, 7) is 10.6. The summed E-state index contributed by atoms with van der Waals surface area (Å²) in [5.41, 5.74) is 6.51. The third kappa shape index (κ3) is 7.73. The van der Waals surface area contributed by atoms with Gasteiger partial charge in [0.25, 0.3) is 0 Å². The zero-order valence-corrected chi connectivity index (χ0v) is 35.8. The second-order valence-corrected chi connectivity index (χ2v) is 16.9. The smallest absolute Gasteiger partial charge is 0.407 e. The number of likely N-dealkylation sites (tertiary alicyclic amines) is 2. The number of nitrogens with one attached hydrogen (secondary N) is 4. The summed E-state index contributed by atoms with van der Waals surface area (Å²) in [6.07, 6.45) is 2.15. The van der Waals surface area contributed by atoms with Crippen LogP contribution >= 0.6 is 0 Å². The van der Waals surface area contributed by atoms with Gasteiger partial charge in [-0.15, -0.1) is 0 Å². The number of amides is 4. The third-order valence-electron chi connectivity index (χ3n) is 12.6. The molecule has 0 aliphatic carbocycles. The van der Waals surface area contributed by atoms with Crippen molar-refractivity contribution < 1.29 is 38.1 Å². The van der Waals surface area contributed by atoms with Crippen molar-refractivity contribution in [2.45, 2.75) is 96.8 Å². The molecule has 3 aromatic carbocycles. The molecule has 7 atom stereocenters. The average Bonchev–Trinajstić information content (AvgIpc) is 4.08. The number of aromatic amines is 2. The third-order valence-corrected chi connectivity index (χ3v) is 12.6. The summed E-state index contributed by atoms with van der Waals surface area (Å²) in [5, 5.41) is 7.37. The Morgan fingerprint density at radius 3 is 2.33 bits per heavy atom. The second-order valence-electron chi connectivity index (χ2n) is 16.9. The van der Waals surface area contributed by atoms with E-state index in [4.69, 9.17) is 28.9 Å². The van der Waals surface area contributed by atoms with Gasteiger partial charge in [-0.05, 0) is 91.3 Å². The number of hydrogen-bond donors (Lipinski definition) is 4. The molecule has 5 heterocycles. The van der Waals surface area contributed by atoms with E-state index in [1.165, 1.54) is 21.3 Å². The molecule has 2 saturated heterocycles. The van der Waals surface area contributed by atoms with Crippen LogP contribution in [0.2, 0.25) is 0 Å². The Morgan fingerprint density at radius 2 is 1.61 bits per heavy atom. The van der Waals surface area contributed by atoms with Crippen LogP contribution in [0.5, 0.6) is 5.75 Å². The highest BCUT2D eigenvalue weighted by molar-refractivity contribution is 6.07. The molecule has 4 amide bonds. The Kier molecular flexibility index (Phi) is 11.4. The minimum atomic E-state index is -0.922. The molecule has 16 nitrogen and oxygen atoms in total. The van der Waals surface area contributed by atoms with Crippen LogP contribution in [0.1, 0.15) is 83.2 Å². The molecule has 16 heteroatoms. The molecule has 2 aromatic heterocycles. The maximum Gasteiger partial charge on any atom is 0.407 e. The Balaban J connectivity index is 1.04. The minimum absolute atomic E-state index is 0.0295. The molecular weight excluding hydrogens is 781 g/mol. The SMILES string of the molecule is COC(=O)N[C@H](C(=O)N1[C@@H](C)CC[C@H]1c1nc2ccc3cc4c(cc3c2[nH]1)OCc1cc(-c2cnc(C3C[C@H](C)CN3C(=O)[C@@H](NC(=O)OC)[C@@H](C)OC)[nH]2)ccc1-4)C(C)C. The Morgan fingerprint density at radius 1 is 0.852 bits per heavy atom. The van der Waals surface area contributed by atoms with Gasteiger partial charge in [0.2, 0.25) is 11.8 Å². The normalized spacial score (nSPS) is 21.1. The Labute approximate surface area is 354 Å². The van der Waals surface area contributed by atoms with Gasteiger partial charge < -0.3 is 49.3 Å².